The van der Waals surface area contributed by atoms with E-state index in [9.17, 15) is 27.9 Å². The van der Waals surface area contributed by atoms with E-state index in [2.05, 4.69) is 0 Å². The number of nitro benzene ring substituents is 1. The fourth-order valence-electron chi connectivity index (χ4n) is 2.02. The fraction of sp³-hybridized carbons (Fsp3) is 0.222. The summed E-state index contributed by atoms with van der Waals surface area (Å²) >= 11 is 0. The van der Waals surface area contributed by atoms with Crippen LogP contribution in [0.5, 0.6) is 0 Å². The molecule has 0 aromatic heterocycles. The van der Waals surface area contributed by atoms with Crippen molar-refractivity contribution in [1.29, 1.82) is 0 Å². The van der Waals surface area contributed by atoms with Crippen LogP contribution in [0.4, 0.5) is 18.6 Å². The molecule has 1 aliphatic rings. The van der Waals surface area contributed by atoms with Crippen molar-refractivity contribution in [2.45, 2.75) is 6.54 Å². The van der Waals surface area contributed by atoms with Gasteiger partial charge < -0.3 is 17.8 Å². The van der Waals surface area contributed by atoms with Gasteiger partial charge in [0.05, 0.1) is 4.92 Å². The van der Waals surface area contributed by atoms with Crippen LogP contribution in [0.1, 0.15) is 15.9 Å². The summed E-state index contributed by atoms with van der Waals surface area (Å²) in [5.74, 6) is -0.751. The van der Waals surface area contributed by atoms with Crippen LogP contribution in [0, 0.1) is 10.1 Å². The smallest absolute Gasteiger partial charge is 0.445 e. The minimum absolute atomic E-state index is 0.258. The predicted molar refractivity (Wildman–Crippen MR) is 57.6 cm³/mol. The molecular weight excluding hydrogens is 252 g/mol. The average molecular weight is 259 g/mol. The molecule has 0 N–H and O–H groups in total. The summed E-state index contributed by atoms with van der Waals surface area (Å²) in [6, 6.07) is 1.41. The van der Waals surface area contributed by atoms with E-state index in [1.54, 1.807) is 0 Å². The molecule has 2 rings (SSSR count). The van der Waals surface area contributed by atoms with Gasteiger partial charge in [-0.1, -0.05) is 6.07 Å². The lowest BCUT2D eigenvalue weighted by atomic mass is 9.75. The second-order valence-corrected chi connectivity index (χ2v) is 4.02. The first-order valence-electron chi connectivity index (χ1n) is 4.99. The van der Waals surface area contributed by atoms with Gasteiger partial charge in [-0.15, -0.1) is 5.46 Å². The van der Waals surface area contributed by atoms with Gasteiger partial charge in [-0.3, -0.25) is 14.9 Å². The Morgan fingerprint density at radius 1 is 1.39 bits per heavy atom. The Balaban J connectivity index is 2.74. The Labute approximate surface area is 99.4 Å². The van der Waals surface area contributed by atoms with Crippen molar-refractivity contribution < 1.29 is 22.7 Å². The largest absolute Gasteiger partial charge is 0.510 e. The Kier molecular flexibility index (Phi) is 2.56. The third-order valence-electron chi connectivity index (χ3n) is 2.83. The van der Waals surface area contributed by atoms with E-state index in [0.29, 0.717) is 6.07 Å². The van der Waals surface area contributed by atoms with Gasteiger partial charge in [-0.05, 0) is 5.56 Å². The van der Waals surface area contributed by atoms with Crippen molar-refractivity contribution in [3.8, 4) is 0 Å². The van der Waals surface area contributed by atoms with Gasteiger partial charge in [-0.2, -0.15) is 0 Å². The topological polar surface area (TPSA) is 63.4 Å². The van der Waals surface area contributed by atoms with Gasteiger partial charge in [-0.25, -0.2) is 0 Å². The number of amides is 1. The molecule has 0 atom stereocenters. The van der Waals surface area contributed by atoms with Crippen molar-refractivity contribution in [3.63, 3.8) is 0 Å². The average Bonchev–Trinajstić information content (AvgIpc) is 2.52. The Morgan fingerprint density at radius 3 is 2.50 bits per heavy atom. The van der Waals surface area contributed by atoms with E-state index in [-0.39, 0.29) is 12.1 Å². The van der Waals surface area contributed by atoms with E-state index in [1.165, 1.54) is 7.05 Å². The first kappa shape index (κ1) is 12.4. The second-order valence-electron chi connectivity index (χ2n) is 4.02. The molecule has 1 aromatic carbocycles. The van der Waals surface area contributed by atoms with Crippen LogP contribution >= 0.6 is 0 Å². The second kappa shape index (κ2) is 3.72. The lowest BCUT2D eigenvalue weighted by molar-refractivity contribution is -0.385. The molecule has 0 unspecified atom stereocenters. The number of hydrogen-bond donors (Lipinski definition) is 0. The van der Waals surface area contributed by atoms with Crippen molar-refractivity contribution in [2.24, 2.45) is 0 Å². The highest BCUT2D eigenvalue weighted by atomic mass is 19.4. The quantitative estimate of drug-likeness (QED) is 0.456. The highest BCUT2D eigenvalue weighted by Gasteiger charge is 2.39. The monoisotopic (exact) mass is 259 g/mol. The lowest BCUT2D eigenvalue weighted by Gasteiger charge is -2.18. The summed E-state index contributed by atoms with van der Waals surface area (Å²) in [7, 11) is 1.30. The standard InChI is InChI=1S/C9H7BF3N2O3/c1-14-4-5-6(10(11,12)13)2-3-7(15(17)18)8(5)9(14)16/h2-3H,4H2,1H3/q-1. The molecule has 0 spiro atoms. The number of rotatable bonds is 2. The lowest BCUT2D eigenvalue weighted by Crippen LogP contribution is -2.37. The summed E-state index contributed by atoms with van der Waals surface area (Å²) in [5.41, 5.74) is -2.26. The maximum absolute atomic E-state index is 12.8. The minimum atomic E-state index is -5.30. The number of fused-ring (bicyclic) bond motifs is 1. The zero-order chi connectivity index (χ0) is 13.7. The summed E-state index contributed by atoms with van der Waals surface area (Å²) in [5, 5.41) is 10.7. The SMILES string of the molecule is CN1Cc2c([B-](F)(F)F)ccc([N+](=O)[O-])c2C1=O. The summed E-state index contributed by atoms with van der Waals surface area (Å²) < 4.78 is 38.4. The molecule has 1 amide bonds. The van der Waals surface area contributed by atoms with E-state index < -0.39 is 34.5 Å². The molecule has 0 bridgehead atoms. The zero-order valence-electron chi connectivity index (χ0n) is 9.19. The Hall–Kier alpha value is -2.06. The highest BCUT2D eigenvalue weighted by molar-refractivity contribution is 6.74. The number of nitro groups is 1. The molecule has 9 heteroatoms. The van der Waals surface area contributed by atoms with Crippen LogP contribution < -0.4 is 5.46 Å². The minimum Gasteiger partial charge on any atom is -0.445 e. The van der Waals surface area contributed by atoms with Gasteiger partial charge >= 0.3 is 6.98 Å². The number of hydrogen-bond acceptors (Lipinski definition) is 3. The normalized spacial score (nSPS) is 14.9. The first-order chi connectivity index (χ1) is 8.23. The molecule has 1 aromatic rings. The summed E-state index contributed by atoms with van der Waals surface area (Å²) in [6.07, 6.45) is 0. The maximum atomic E-state index is 12.8. The number of carbonyl (C=O) groups excluding carboxylic acids is 1. The first-order valence-corrected chi connectivity index (χ1v) is 4.99. The number of halogens is 3. The summed E-state index contributed by atoms with van der Waals surface area (Å²) in [4.78, 5) is 22.6. The zero-order valence-corrected chi connectivity index (χ0v) is 9.19. The fourth-order valence-corrected chi connectivity index (χ4v) is 2.02. The van der Waals surface area contributed by atoms with Crippen LogP contribution in [0.2, 0.25) is 0 Å². The van der Waals surface area contributed by atoms with Crippen molar-refractivity contribution in [2.75, 3.05) is 7.05 Å². The number of nitrogens with zero attached hydrogens (tertiary/aromatic N) is 2. The van der Waals surface area contributed by atoms with Crippen LogP contribution in [0.25, 0.3) is 0 Å². The third kappa shape index (κ3) is 1.71. The molecule has 0 aliphatic carbocycles. The van der Waals surface area contributed by atoms with Gasteiger partial charge in [0.25, 0.3) is 11.6 Å². The summed E-state index contributed by atoms with van der Waals surface area (Å²) in [6.45, 7) is -5.56. The molecule has 1 heterocycles. The molecule has 18 heavy (non-hydrogen) atoms. The number of benzene rings is 1. The van der Waals surface area contributed by atoms with Crippen LogP contribution in [0.15, 0.2) is 12.1 Å². The van der Waals surface area contributed by atoms with Crippen LogP contribution in [-0.2, 0) is 6.54 Å². The van der Waals surface area contributed by atoms with Crippen molar-refractivity contribution in [3.05, 3.63) is 33.4 Å². The van der Waals surface area contributed by atoms with Gasteiger partial charge in [0.15, 0.2) is 0 Å². The molecule has 5 nitrogen and oxygen atoms in total. The van der Waals surface area contributed by atoms with Gasteiger partial charge in [0.1, 0.15) is 5.56 Å². The third-order valence-corrected chi connectivity index (χ3v) is 2.83. The molecule has 1 aliphatic heterocycles. The van der Waals surface area contributed by atoms with E-state index >= 15 is 0 Å². The molecular formula is C9H7BF3N2O3-. The van der Waals surface area contributed by atoms with Gasteiger partial charge in [0.2, 0.25) is 0 Å². The molecule has 0 radical (unpaired) electrons. The van der Waals surface area contributed by atoms with Gasteiger partial charge in [0, 0.05) is 19.7 Å². The molecule has 0 saturated heterocycles. The van der Waals surface area contributed by atoms with E-state index in [0.717, 1.165) is 11.0 Å². The van der Waals surface area contributed by atoms with E-state index in [1.807, 2.05) is 0 Å². The van der Waals surface area contributed by atoms with Crippen LogP contribution in [0.3, 0.4) is 0 Å². The Bertz CT molecular complexity index is 559. The highest BCUT2D eigenvalue weighted by Crippen LogP contribution is 2.30. The molecule has 0 fully saturated rings. The predicted octanol–water partition coefficient (Wildman–Crippen LogP) is 1.23. The van der Waals surface area contributed by atoms with Crippen molar-refractivity contribution in [1.82, 2.24) is 4.90 Å². The van der Waals surface area contributed by atoms with Crippen LogP contribution in [-0.4, -0.2) is 29.8 Å². The van der Waals surface area contributed by atoms with Crippen molar-refractivity contribution >= 4 is 24.0 Å². The molecule has 96 valence electrons. The maximum Gasteiger partial charge on any atom is 0.510 e. The Morgan fingerprint density at radius 2 is 2.00 bits per heavy atom. The van der Waals surface area contributed by atoms with E-state index in [4.69, 9.17) is 0 Å². The molecule has 0 saturated carbocycles. The number of carbonyl (C=O) groups is 1.